The quantitative estimate of drug-likeness (QED) is 0.898. The first kappa shape index (κ1) is 13.5. The predicted molar refractivity (Wildman–Crippen MR) is 75.8 cm³/mol. The van der Waals surface area contributed by atoms with Crippen LogP contribution < -0.4 is 5.32 Å². The summed E-state index contributed by atoms with van der Waals surface area (Å²) in [6.45, 7) is 6.71. The van der Waals surface area contributed by atoms with Gasteiger partial charge in [0.05, 0.1) is 29.7 Å². The monoisotopic (exact) mass is 260 g/mol. The van der Waals surface area contributed by atoms with Gasteiger partial charge in [0.25, 0.3) is 0 Å². The Kier molecular flexibility index (Phi) is 4.16. The van der Waals surface area contributed by atoms with Crippen molar-refractivity contribution >= 4 is 11.6 Å². The molecule has 5 heteroatoms. The smallest absolute Gasteiger partial charge is 0.207 e. The Balaban J connectivity index is 2.27. The highest BCUT2D eigenvalue weighted by Crippen LogP contribution is 2.21. The average molecular weight is 260 g/mol. The molecule has 5 nitrogen and oxygen atoms in total. The van der Waals surface area contributed by atoms with Gasteiger partial charge in [-0.3, -0.25) is 4.98 Å². The molecule has 2 aromatic rings. The summed E-state index contributed by atoms with van der Waals surface area (Å²) in [6, 6.07) is 4.14. The van der Waals surface area contributed by atoms with Crippen LogP contribution in [0.15, 0.2) is 24.5 Å². The minimum Gasteiger partial charge on any atom is -0.383 e. The maximum absolute atomic E-state index is 5.21. The topological polar surface area (TPSA) is 52.0 Å². The highest BCUT2D eigenvalue weighted by molar-refractivity contribution is 5.56. The van der Waals surface area contributed by atoms with E-state index in [1.54, 1.807) is 13.3 Å². The first-order valence-electron chi connectivity index (χ1n) is 6.35. The predicted octanol–water partition coefficient (Wildman–Crippen LogP) is 2.85. The lowest BCUT2D eigenvalue weighted by Crippen LogP contribution is -2.13. The molecule has 0 spiro atoms. The maximum Gasteiger partial charge on any atom is 0.207 e. The second-order valence-electron chi connectivity index (χ2n) is 4.68. The van der Waals surface area contributed by atoms with Gasteiger partial charge in [-0.1, -0.05) is 0 Å². The van der Waals surface area contributed by atoms with Gasteiger partial charge in [0.1, 0.15) is 0 Å². The fraction of sp³-hybridized carbons (Fsp3) is 0.429. The highest BCUT2D eigenvalue weighted by atomic mass is 16.5. The van der Waals surface area contributed by atoms with E-state index >= 15 is 0 Å². The zero-order valence-corrected chi connectivity index (χ0v) is 11.8. The number of anilines is 2. The third-order valence-corrected chi connectivity index (χ3v) is 2.99. The molecule has 1 N–H and O–H groups in total. The van der Waals surface area contributed by atoms with E-state index < -0.39 is 0 Å². The van der Waals surface area contributed by atoms with Crippen LogP contribution in [-0.2, 0) is 4.74 Å². The van der Waals surface area contributed by atoms with Crippen LogP contribution in [0.4, 0.5) is 11.6 Å². The molecule has 1 unspecified atom stereocenters. The standard InChI is InChI=1S/C14H20N4O/c1-10-8-18(11(2)9-19-4)14(16-10)17-13-6-5-7-15-12(13)3/h5-8,11H,9H2,1-4H3,(H,16,17). The molecule has 0 amide bonds. The number of ether oxygens (including phenoxy) is 1. The third kappa shape index (κ3) is 3.12. The molecule has 0 radical (unpaired) electrons. The number of methoxy groups -OCH3 is 1. The van der Waals surface area contributed by atoms with Crippen molar-refractivity contribution in [2.45, 2.75) is 26.8 Å². The normalized spacial score (nSPS) is 12.4. The minimum absolute atomic E-state index is 0.227. The van der Waals surface area contributed by atoms with Gasteiger partial charge in [-0.25, -0.2) is 4.98 Å². The Labute approximate surface area is 113 Å². The number of aromatic nitrogens is 3. The van der Waals surface area contributed by atoms with Crippen LogP contribution in [-0.4, -0.2) is 28.3 Å². The second kappa shape index (κ2) is 5.84. The van der Waals surface area contributed by atoms with Gasteiger partial charge in [-0.05, 0) is 32.9 Å². The summed E-state index contributed by atoms with van der Waals surface area (Å²) in [5, 5.41) is 3.33. The second-order valence-corrected chi connectivity index (χ2v) is 4.68. The molecule has 102 valence electrons. The number of imidazole rings is 1. The molecule has 0 aliphatic carbocycles. The van der Waals surface area contributed by atoms with Crippen molar-refractivity contribution in [1.29, 1.82) is 0 Å². The van der Waals surface area contributed by atoms with Gasteiger partial charge in [0, 0.05) is 19.5 Å². The highest BCUT2D eigenvalue weighted by Gasteiger charge is 2.12. The van der Waals surface area contributed by atoms with Crippen molar-refractivity contribution in [2.75, 3.05) is 19.0 Å². The molecule has 0 saturated heterocycles. The molecule has 0 fully saturated rings. The molecule has 0 aliphatic rings. The lowest BCUT2D eigenvalue weighted by molar-refractivity contribution is 0.163. The molecular weight excluding hydrogens is 240 g/mol. The lowest BCUT2D eigenvalue weighted by Gasteiger charge is -2.16. The van der Waals surface area contributed by atoms with Crippen LogP contribution in [0.5, 0.6) is 0 Å². The number of aryl methyl sites for hydroxylation is 2. The molecule has 2 rings (SSSR count). The SMILES string of the molecule is COCC(C)n1cc(C)nc1Nc1cccnc1C. The summed E-state index contributed by atoms with van der Waals surface area (Å²) >= 11 is 0. The van der Waals surface area contributed by atoms with Gasteiger partial charge in [0.15, 0.2) is 0 Å². The molecular formula is C14H20N4O. The summed E-state index contributed by atoms with van der Waals surface area (Å²) < 4.78 is 7.30. The van der Waals surface area contributed by atoms with E-state index in [2.05, 4.69) is 26.8 Å². The first-order valence-corrected chi connectivity index (χ1v) is 6.35. The Morgan fingerprint density at radius 1 is 1.42 bits per heavy atom. The van der Waals surface area contributed by atoms with E-state index in [9.17, 15) is 0 Å². The summed E-state index contributed by atoms with van der Waals surface area (Å²) in [5.74, 6) is 0.818. The van der Waals surface area contributed by atoms with Gasteiger partial charge >= 0.3 is 0 Å². The molecule has 2 heterocycles. The van der Waals surface area contributed by atoms with Crippen molar-refractivity contribution < 1.29 is 4.74 Å². The molecule has 0 bridgehead atoms. The number of hydrogen-bond acceptors (Lipinski definition) is 4. The van der Waals surface area contributed by atoms with E-state index in [4.69, 9.17) is 4.74 Å². The van der Waals surface area contributed by atoms with Crippen molar-refractivity contribution in [3.8, 4) is 0 Å². The van der Waals surface area contributed by atoms with E-state index in [0.29, 0.717) is 6.61 Å². The Hall–Kier alpha value is -1.88. The Morgan fingerprint density at radius 2 is 2.21 bits per heavy atom. The summed E-state index contributed by atoms with van der Waals surface area (Å²) in [5.41, 5.74) is 2.90. The van der Waals surface area contributed by atoms with E-state index in [0.717, 1.165) is 23.0 Å². The van der Waals surface area contributed by atoms with E-state index in [-0.39, 0.29) is 6.04 Å². The van der Waals surface area contributed by atoms with Crippen LogP contribution in [0.25, 0.3) is 0 Å². The molecule has 0 aromatic carbocycles. The number of nitrogens with zero attached hydrogens (tertiary/aromatic N) is 3. The zero-order chi connectivity index (χ0) is 13.8. The summed E-state index contributed by atoms with van der Waals surface area (Å²) in [7, 11) is 1.71. The van der Waals surface area contributed by atoms with Gasteiger partial charge < -0.3 is 14.6 Å². The molecule has 1 atom stereocenters. The third-order valence-electron chi connectivity index (χ3n) is 2.99. The van der Waals surface area contributed by atoms with Gasteiger partial charge in [0.2, 0.25) is 5.95 Å². The number of nitrogens with one attached hydrogen (secondary N) is 1. The van der Waals surface area contributed by atoms with Crippen molar-refractivity contribution in [3.63, 3.8) is 0 Å². The van der Waals surface area contributed by atoms with Crippen molar-refractivity contribution in [1.82, 2.24) is 14.5 Å². The number of hydrogen-bond donors (Lipinski definition) is 1. The van der Waals surface area contributed by atoms with Crippen LogP contribution in [0, 0.1) is 13.8 Å². The lowest BCUT2D eigenvalue weighted by atomic mass is 10.3. The first-order chi connectivity index (χ1) is 9.11. The molecule has 0 saturated carbocycles. The largest absolute Gasteiger partial charge is 0.383 e. The van der Waals surface area contributed by atoms with Crippen LogP contribution >= 0.6 is 0 Å². The summed E-state index contributed by atoms with van der Waals surface area (Å²) in [4.78, 5) is 8.79. The minimum atomic E-state index is 0.227. The Bertz CT molecular complexity index is 550. The van der Waals surface area contributed by atoms with E-state index in [1.807, 2.05) is 32.2 Å². The number of pyridine rings is 1. The average Bonchev–Trinajstić information content (AvgIpc) is 2.74. The zero-order valence-electron chi connectivity index (χ0n) is 11.8. The van der Waals surface area contributed by atoms with Gasteiger partial charge in [-0.15, -0.1) is 0 Å². The molecule has 2 aromatic heterocycles. The van der Waals surface area contributed by atoms with Crippen molar-refractivity contribution in [3.05, 3.63) is 35.9 Å². The number of rotatable bonds is 5. The Morgan fingerprint density at radius 3 is 2.89 bits per heavy atom. The van der Waals surface area contributed by atoms with Crippen LogP contribution in [0.3, 0.4) is 0 Å². The van der Waals surface area contributed by atoms with Crippen LogP contribution in [0.1, 0.15) is 24.4 Å². The van der Waals surface area contributed by atoms with E-state index in [1.165, 1.54) is 0 Å². The molecule has 0 aliphatic heterocycles. The summed E-state index contributed by atoms with van der Waals surface area (Å²) in [6.07, 6.45) is 3.81. The van der Waals surface area contributed by atoms with Gasteiger partial charge in [-0.2, -0.15) is 0 Å². The maximum atomic E-state index is 5.21. The molecule has 19 heavy (non-hydrogen) atoms. The van der Waals surface area contributed by atoms with Crippen LogP contribution in [0.2, 0.25) is 0 Å². The fourth-order valence-electron chi connectivity index (χ4n) is 2.00. The fourth-order valence-corrected chi connectivity index (χ4v) is 2.00. The van der Waals surface area contributed by atoms with Crippen molar-refractivity contribution in [2.24, 2.45) is 0 Å².